The monoisotopic (exact) mass is 310 g/mol. The van der Waals surface area contributed by atoms with E-state index in [0.717, 1.165) is 19.3 Å². The van der Waals surface area contributed by atoms with Gasteiger partial charge in [0.1, 0.15) is 5.39 Å². The average Bonchev–Trinajstić information content (AvgIpc) is 2.97. The van der Waals surface area contributed by atoms with Crippen LogP contribution in [0.2, 0.25) is 0 Å². The van der Waals surface area contributed by atoms with E-state index in [0.29, 0.717) is 17.9 Å². The van der Waals surface area contributed by atoms with Gasteiger partial charge in [0.2, 0.25) is 5.71 Å². The Morgan fingerprint density at radius 1 is 1.32 bits per heavy atom. The predicted molar refractivity (Wildman–Crippen MR) is 76.1 cm³/mol. The quantitative estimate of drug-likeness (QED) is 0.942. The molecule has 0 saturated heterocycles. The second-order valence-electron chi connectivity index (χ2n) is 5.71. The fourth-order valence-corrected chi connectivity index (χ4v) is 3.12. The predicted octanol–water partition coefficient (Wildman–Crippen LogP) is 2.94. The third kappa shape index (κ3) is 2.93. The van der Waals surface area contributed by atoms with Crippen molar-refractivity contribution >= 4 is 11.1 Å². The zero-order chi connectivity index (χ0) is 15.7. The molecule has 0 spiro atoms. The number of aromatic amines is 1. The summed E-state index contributed by atoms with van der Waals surface area (Å²) < 4.78 is 30.2. The van der Waals surface area contributed by atoms with E-state index in [1.165, 1.54) is 18.9 Å². The van der Waals surface area contributed by atoms with Crippen molar-refractivity contribution in [1.82, 2.24) is 9.97 Å². The van der Waals surface area contributed by atoms with Crippen LogP contribution in [0, 0.1) is 5.92 Å². The van der Waals surface area contributed by atoms with Crippen LogP contribution in [0.25, 0.3) is 11.1 Å². The molecule has 2 aromatic rings. The van der Waals surface area contributed by atoms with Crippen LogP contribution in [0.15, 0.2) is 20.1 Å². The number of fused-ring (bicyclic) bond motifs is 1. The number of H-pyrrole nitrogens is 1. The van der Waals surface area contributed by atoms with Crippen LogP contribution in [0.3, 0.4) is 0 Å². The van der Waals surface area contributed by atoms with Crippen molar-refractivity contribution in [2.24, 2.45) is 5.92 Å². The summed E-state index contributed by atoms with van der Waals surface area (Å²) in [4.78, 5) is 29.3. The largest absolute Gasteiger partial charge is 0.403 e. The van der Waals surface area contributed by atoms with Crippen LogP contribution in [-0.4, -0.2) is 9.97 Å². The summed E-state index contributed by atoms with van der Waals surface area (Å²) >= 11 is 0. The fourth-order valence-electron chi connectivity index (χ4n) is 3.12. The maximum Gasteiger partial charge on any atom is 0.337 e. The van der Waals surface area contributed by atoms with Crippen molar-refractivity contribution in [3.63, 3.8) is 0 Å². The summed E-state index contributed by atoms with van der Waals surface area (Å²) in [5.41, 5.74) is -1.15. The Morgan fingerprint density at radius 3 is 2.73 bits per heavy atom. The molecule has 1 N–H and O–H groups in total. The minimum Gasteiger partial charge on any atom is -0.403 e. The van der Waals surface area contributed by atoms with E-state index in [4.69, 9.17) is 4.42 Å². The van der Waals surface area contributed by atoms with Gasteiger partial charge in [0, 0.05) is 6.07 Å². The van der Waals surface area contributed by atoms with E-state index >= 15 is 0 Å². The standard InChI is InChI=1S/C15H16F2N2O3/c16-12(17)13-18-14(21)11-9(6-5-8-3-1-2-4-8)7-10(20)22-15(11)19-13/h7-8,12H,1-6H2,(H,18,19,21). The molecule has 2 heterocycles. The highest BCUT2D eigenvalue weighted by Gasteiger charge is 2.19. The van der Waals surface area contributed by atoms with Gasteiger partial charge < -0.3 is 9.40 Å². The lowest BCUT2D eigenvalue weighted by Gasteiger charge is -2.09. The molecule has 1 aliphatic carbocycles. The van der Waals surface area contributed by atoms with Crippen LogP contribution < -0.4 is 11.2 Å². The van der Waals surface area contributed by atoms with Crippen LogP contribution in [-0.2, 0) is 6.42 Å². The zero-order valence-electron chi connectivity index (χ0n) is 11.9. The molecule has 3 rings (SSSR count). The van der Waals surface area contributed by atoms with Gasteiger partial charge in [0.25, 0.3) is 12.0 Å². The molecular weight excluding hydrogens is 294 g/mol. The van der Waals surface area contributed by atoms with Gasteiger partial charge in [-0.15, -0.1) is 0 Å². The number of halogens is 2. The van der Waals surface area contributed by atoms with Crippen molar-refractivity contribution in [2.45, 2.75) is 45.0 Å². The second kappa shape index (κ2) is 5.98. The first-order chi connectivity index (χ1) is 10.5. The van der Waals surface area contributed by atoms with E-state index in [2.05, 4.69) is 9.97 Å². The summed E-state index contributed by atoms with van der Waals surface area (Å²) in [7, 11) is 0. The van der Waals surface area contributed by atoms with Crippen molar-refractivity contribution < 1.29 is 13.2 Å². The first kappa shape index (κ1) is 14.9. The molecule has 0 bridgehead atoms. The number of rotatable bonds is 4. The average molecular weight is 310 g/mol. The molecular formula is C15H16F2N2O3. The molecule has 118 valence electrons. The SMILES string of the molecule is O=c1cc(CCC2CCCC2)c2c(=O)[nH]c(C(F)F)nc2o1. The number of nitrogens with zero attached hydrogens (tertiary/aromatic N) is 1. The number of aromatic nitrogens is 2. The minimum atomic E-state index is -2.93. The van der Waals surface area contributed by atoms with E-state index in [1.54, 1.807) is 0 Å². The Morgan fingerprint density at radius 2 is 2.05 bits per heavy atom. The molecule has 1 fully saturated rings. The van der Waals surface area contributed by atoms with Gasteiger partial charge in [-0.2, -0.15) is 4.98 Å². The Kier molecular flexibility index (Phi) is 4.04. The van der Waals surface area contributed by atoms with Gasteiger partial charge in [-0.3, -0.25) is 4.79 Å². The van der Waals surface area contributed by atoms with Crippen molar-refractivity contribution in [1.29, 1.82) is 0 Å². The van der Waals surface area contributed by atoms with E-state index in [9.17, 15) is 18.4 Å². The van der Waals surface area contributed by atoms with E-state index < -0.39 is 23.4 Å². The Bertz CT molecular complexity index is 791. The van der Waals surface area contributed by atoms with Crippen molar-refractivity contribution in [3.8, 4) is 0 Å². The Hall–Kier alpha value is -2.05. The smallest absolute Gasteiger partial charge is 0.337 e. The van der Waals surface area contributed by atoms with Crippen LogP contribution in [0.1, 0.15) is 49.9 Å². The molecule has 1 aliphatic rings. The molecule has 0 aromatic carbocycles. The van der Waals surface area contributed by atoms with Gasteiger partial charge in [-0.25, -0.2) is 13.6 Å². The summed E-state index contributed by atoms with van der Waals surface area (Å²) in [6.45, 7) is 0. The van der Waals surface area contributed by atoms with Crippen molar-refractivity contribution in [3.05, 3.63) is 38.2 Å². The van der Waals surface area contributed by atoms with Gasteiger partial charge in [0.15, 0.2) is 5.82 Å². The number of alkyl halides is 2. The molecule has 0 aliphatic heterocycles. The van der Waals surface area contributed by atoms with Crippen molar-refractivity contribution in [2.75, 3.05) is 0 Å². The lowest BCUT2D eigenvalue weighted by Crippen LogP contribution is -2.16. The Balaban J connectivity index is 2.01. The number of aryl methyl sites for hydroxylation is 1. The number of nitrogens with one attached hydrogen (secondary N) is 1. The third-order valence-corrected chi connectivity index (χ3v) is 4.22. The molecule has 5 nitrogen and oxygen atoms in total. The van der Waals surface area contributed by atoms with Gasteiger partial charge in [0.05, 0.1) is 0 Å². The highest BCUT2D eigenvalue weighted by Crippen LogP contribution is 2.29. The topological polar surface area (TPSA) is 76.0 Å². The van der Waals surface area contributed by atoms with E-state index in [-0.39, 0.29) is 11.1 Å². The maximum atomic E-state index is 12.7. The molecule has 1 saturated carbocycles. The van der Waals surface area contributed by atoms with Gasteiger partial charge in [-0.1, -0.05) is 25.7 Å². The van der Waals surface area contributed by atoms with E-state index in [1.807, 2.05) is 0 Å². The highest BCUT2D eigenvalue weighted by molar-refractivity contribution is 5.75. The van der Waals surface area contributed by atoms with Crippen LogP contribution >= 0.6 is 0 Å². The molecule has 0 atom stereocenters. The zero-order valence-corrected chi connectivity index (χ0v) is 11.9. The van der Waals surface area contributed by atoms with Gasteiger partial charge >= 0.3 is 5.63 Å². The lowest BCUT2D eigenvalue weighted by molar-refractivity contribution is 0.140. The third-order valence-electron chi connectivity index (χ3n) is 4.22. The summed E-state index contributed by atoms with van der Waals surface area (Å²) in [6, 6.07) is 1.26. The first-order valence-electron chi connectivity index (χ1n) is 7.39. The summed E-state index contributed by atoms with van der Waals surface area (Å²) in [5, 5.41) is 0.0991. The highest BCUT2D eigenvalue weighted by atomic mass is 19.3. The van der Waals surface area contributed by atoms with Crippen LogP contribution in [0.5, 0.6) is 0 Å². The maximum absolute atomic E-state index is 12.7. The normalized spacial score (nSPS) is 16.0. The molecule has 0 amide bonds. The summed E-state index contributed by atoms with van der Waals surface area (Å²) in [6.07, 6.45) is 3.22. The molecule has 22 heavy (non-hydrogen) atoms. The fraction of sp³-hybridized carbons (Fsp3) is 0.533. The summed E-state index contributed by atoms with van der Waals surface area (Å²) in [5.74, 6) is -0.191. The van der Waals surface area contributed by atoms with Gasteiger partial charge in [-0.05, 0) is 24.3 Å². The molecule has 0 radical (unpaired) electrons. The first-order valence-corrected chi connectivity index (χ1v) is 7.39. The number of hydrogen-bond acceptors (Lipinski definition) is 4. The molecule has 0 unspecified atom stereocenters. The second-order valence-corrected chi connectivity index (χ2v) is 5.71. The minimum absolute atomic E-state index is 0.0991. The lowest BCUT2D eigenvalue weighted by atomic mass is 9.97. The molecule has 7 heteroatoms. The molecule has 2 aromatic heterocycles. The Labute approximate surface area is 124 Å². The number of hydrogen-bond donors (Lipinski definition) is 1. The van der Waals surface area contributed by atoms with Crippen LogP contribution in [0.4, 0.5) is 8.78 Å².